The minimum absolute atomic E-state index is 0.155. The SMILES string of the molecule is CC(C)CCC[C@@H](C)[C@H]1CC[C@H]2[C@@H]3CCC4=C(S(=O)(=O)c5ccccc5)C(=O)CC[C@]4(C)[C@H]3CC[C@]12C. The number of sulfone groups is 1. The normalized spacial score (nSPS) is 36.8. The summed E-state index contributed by atoms with van der Waals surface area (Å²) in [4.78, 5) is 13.6. The van der Waals surface area contributed by atoms with E-state index in [9.17, 15) is 13.2 Å². The highest BCUT2D eigenvalue weighted by molar-refractivity contribution is 7.96. The van der Waals surface area contributed by atoms with E-state index in [4.69, 9.17) is 0 Å². The Labute approximate surface area is 225 Å². The smallest absolute Gasteiger partial charge is 0.210 e. The molecular formula is C33H48O3S. The second-order valence-electron chi connectivity index (χ2n) is 13.9. The molecule has 7 atom stereocenters. The van der Waals surface area contributed by atoms with Gasteiger partial charge in [-0.25, -0.2) is 8.42 Å². The Balaban J connectivity index is 1.43. The second kappa shape index (κ2) is 9.96. The molecule has 0 saturated heterocycles. The molecule has 0 heterocycles. The van der Waals surface area contributed by atoms with Gasteiger partial charge in [0.2, 0.25) is 9.84 Å². The molecule has 0 aromatic heterocycles. The van der Waals surface area contributed by atoms with Crippen molar-refractivity contribution in [3.8, 4) is 0 Å². The van der Waals surface area contributed by atoms with E-state index in [1.54, 1.807) is 24.3 Å². The lowest BCUT2D eigenvalue weighted by molar-refractivity contribution is -0.118. The lowest BCUT2D eigenvalue weighted by atomic mass is 9.46. The number of hydrogen-bond donors (Lipinski definition) is 0. The van der Waals surface area contributed by atoms with E-state index in [-0.39, 0.29) is 21.0 Å². The summed E-state index contributed by atoms with van der Waals surface area (Å²) < 4.78 is 27.5. The number of carbonyl (C=O) groups is 1. The van der Waals surface area contributed by atoms with Gasteiger partial charge in [-0.1, -0.05) is 72.1 Å². The average Bonchev–Trinajstić information content (AvgIpc) is 3.22. The zero-order valence-corrected chi connectivity index (χ0v) is 24.6. The Hall–Kier alpha value is -1.42. The highest BCUT2D eigenvalue weighted by atomic mass is 32.2. The van der Waals surface area contributed by atoms with E-state index in [2.05, 4.69) is 34.6 Å². The van der Waals surface area contributed by atoms with Crippen molar-refractivity contribution in [1.29, 1.82) is 0 Å². The molecule has 5 rings (SSSR count). The summed E-state index contributed by atoms with van der Waals surface area (Å²) in [6.45, 7) is 12.1. The van der Waals surface area contributed by atoms with Crippen LogP contribution in [0.4, 0.5) is 0 Å². The van der Waals surface area contributed by atoms with Gasteiger partial charge >= 0.3 is 0 Å². The first-order valence-corrected chi connectivity index (χ1v) is 16.6. The van der Waals surface area contributed by atoms with Crippen molar-refractivity contribution in [2.24, 2.45) is 46.3 Å². The molecule has 204 valence electrons. The number of carbonyl (C=O) groups excluding carboxylic acids is 1. The van der Waals surface area contributed by atoms with Crippen molar-refractivity contribution in [3.63, 3.8) is 0 Å². The predicted octanol–water partition coefficient (Wildman–Crippen LogP) is 8.40. The van der Waals surface area contributed by atoms with Gasteiger partial charge in [0.1, 0.15) is 4.91 Å². The third-order valence-corrected chi connectivity index (χ3v) is 13.5. The van der Waals surface area contributed by atoms with Gasteiger partial charge in [-0.15, -0.1) is 0 Å². The zero-order valence-electron chi connectivity index (χ0n) is 23.8. The van der Waals surface area contributed by atoms with Gasteiger partial charge in [0.25, 0.3) is 0 Å². The number of hydrogen-bond acceptors (Lipinski definition) is 3. The summed E-state index contributed by atoms with van der Waals surface area (Å²) in [5.41, 5.74) is 1.21. The molecule has 4 aliphatic carbocycles. The first-order chi connectivity index (χ1) is 17.5. The Morgan fingerprint density at radius 3 is 2.32 bits per heavy atom. The summed E-state index contributed by atoms with van der Waals surface area (Å²) >= 11 is 0. The van der Waals surface area contributed by atoms with Crippen molar-refractivity contribution in [2.75, 3.05) is 0 Å². The van der Waals surface area contributed by atoms with Crippen molar-refractivity contribution in [3.05, 3.63) is 40.8 Å². The quantitative estimate of drug-likeness (QED) is 0.360. The maximum atomic E-state index is 13.8. The molecule has 0 radical (unpaired) electrons. The van der Waals surface area contributed by atoms with Crippen LogP contribution in [0.3, 0.4) is 0 Å². The predicted molar refractivity (Wildman–Crippen MR) is 151 cm³/mol. The van der Waals surface area contributed by atoms with Crippen LogP contribution in [0.2, 0.25) is 0 Å². The molecule has 3 nitrogen and oxygen atoms in total. The highest BCUT2D eigenvalue weighted by Crippen LogP contribution is 2.68. The van der Waals surface area contributed by atoms with Gasteiger partial charge in [0, 0.05) is 6.42 Å². The summed E-state index contributed by atoms with van der Waals surface area (Å²) in [5, 5.41) is 0. The number of ketones is 1. The molecule has 0 N–H and O–H groups in total. The van der Waals surface area contributed by atoms with E-state index >= 15 is 0 Å². The van der Waals surface area contributed by atoms with Crippen LogP contribution in [0.1, 0.15) is 105 Å². The van der Waals surface area contributed by atoms with Crippen molar-refractivity contribution in [1.82, 2.24) is 0 Å². The zero-order chi connectivity index (χ0) is 26.6. The average molecular weight is 525 g/mol. The van der Waals surface area contributed by atoms with Crippen LogP contribution in [-0.2, 0) is 14.6 Å². The van der Waals surface area contributed by atoms with Gasteiger partial charge < -0.3 is 0 Å². The van der Waals surface area contributed by atoms with Crippen LogP contribution in [0.25, 0.3) is 0 Å². The summed E-state index contributed by atoms with van der Waals surface area (Å²) in [6.07, 6.45) is 12.2. The van der Waals surface area contributed by atoms with Crippen molar-refractivity contribution >= 4 is 15.6 Å². The topological polar surface area (TPSA) is 51.2 Å². The molecule has 4 aliphatic rings. The molecule has 0 unspecified atom stereocenters. The summed E-state index contributed by atoms with van der Waals surface area (Å²) in [7, 11) is -3.79. The second-order valence-corrected chi connectivity index (χ2v) is 15.8. The number of rotatable bonds is 7. The molecular weight excluding hydrogens is 476 g/mol. The van der Waals surface area contributed by atoms with Crippen LogP contribution in [0.5, 0.6) is 0 Å². The van der Waals surface area contributed by atoms with Crippen molar-refractivity contribution in [2.45, 2.75) is 110 Å². The maximum Gasteiger partial charge on any atom is 0.210 e. The fourth-order valence-corrected chi connectivity index (χ4v) is 11.5. The van der Waals surface area contributed by atoms with Gasteiger partial charge in [-0.3, -0.25) is 4.79 Å². The fraction of sp³-hybridized carbons (Fsp3) is 0.727. The number of allylic oxidation sites excluding steroid dienone is 1. The largest absolute Gasteiger partial charge is 0.293 e. The molecule has 37 heavy (non-hydrogen) atoms. The Kier molecular flexibility index (Phi) is 7.31. The Morgan fingerprint density at radius 1 is 0.892 bits per heavy atom. The third kappa shape index (κ3) is 4.47. The first kappa shape index (κ1) is 27.2. The number of benzene rings is 1. The van der Waals surface area contributed by atoms with E-state index in [1.165, 1.54) is 44.9 Å². The molecule has 0 bridgehead atoms. The molecule has 1 aromatic rings. The molecule has 0 amide bonds. The van der Waals surface area contributed by atoms with Gasteiger partial charge in [0.15, 0.2) is 5.78 Å². The van der Waals surface area contributed by atoms with E-state index in [0.717, 1.165) is 48.5 Å². The van der Waals surface area contributed by atoms with E-state index < -0.39 is 9.84 Å². The summed E-state index contributed by atoms with van der Waals surface area (Å²) in [6, 6.07) is 8.61. The Morgan fingerprint density at radius 2 is 1.62 bits per heavy atom. The minimum Gasteiger partial charge on any atom is -0.293 e. The number of fused-ring (bicyclic) bond motifs is 5. The molecule has 3 fully saturated rings. The minimum atomic E-state index is -3.79. The molecule has 0 spiro atoms. The van der Waals surface area contributed by atoms with Crippen LogP contribution in [0, 0.1) is 46.3 Å². The highest BCUT2D eigenvalue weighted by Gasteiger charge is 2.60. The van der Waals surface area contributed by atoms with Gasteiger partial charge in [-0.2, -0.15) is 0 Å². The van der Waals surface area contributed by atoms with Gasteiger partial charge in [-0.05, 0) is 109 Å². The molecule has 1 aromatic carbocycles. The standard InChI is InChI=1S/C33H48O3S/c1-22(2)10-9-11-23(3)26-16-17-27-25-14-15-29-31(37(35,36)24-12-7-6-8-13-24)30(34)19-21-33(29,5)28(25)18-20-32(26,27)4/h6-8,12-13,22-23,25-28H,9-11,14-21H2,1-5H3/t23-,25+,26-,27+,28+,32-,33-/m1/s1. The fourth-order valence-electron chi connectivity index (χ4n) is 9.72. The van der Waals surface area contributed by atoms with Crippen LogP contribution < -0.4 is 0 Å². The molecule has 4 heteroatoms. The maximum absolute atomic E-state index is 13.8. The Bertz CT molecular complexity index is 1150. The molecule has 3 saturated carbocycles. The van der Waals surface area contributed by atoms with E-state index in [0.29, 0.717) is 23.7 Å². The number of Topliss-reactive ketones (excluding diaryl/α,β-unsaturated/α-hetero) is 1. The van der Waals surface area contributed by atoms with Crippen LogP contribution in [-0.4, -0.2) is 14.2 Å². The first-order valence-electron chi connectivity index (χ1n) is 15.1. The van der Waals surface area contributed by atoms with Crippen molar-refractivity contribution < 1.29 is 13.2 Å². The van der Waals surface area contributed by atoms with E-state index in [1.807, 2.05) is 6.07 Å². The third-order valence-electron chi connectivity index (χ3n) is 11.6. The lowest BCUT2D eigenvalue weighted by Gasteiger charge is -2.59. The van der Waals surface area contributed by atoms with Crippen LogP contribution in [0.15, 0.2) is 45.7 Å². The molecule has 0 aliphatic heterocycles. The van der Waals surface area contributed by atoms with Crippen LogP contribution >= 0.6 is 0 Å². The van der Waals surface area contributed by atoms with Gasteiger partial charge in [0.05, 0.1) is 4.90 Å². The lowest BCUT2D eigenvalue weighted by Crippen LogP contribution is -2.51. The summed E-state index contributed by atoms with van der Waals surface area (Å²) in [5.74, 6) is 4.14. The monoisotopic (exact) mass is 524 g/mol.